The molecule has 2 atom stereocenters. The molecule has 4 heteroatoms. The minimum atomic E-state index is 0.0922. The van der Waals surface area contributed by atoms with E-state index in [-0.39, 0.29) is 6.03 Å². The topological polar surface area (TPSA) is 41.6 Å². The van der Waals surface area contributed by atoms with Crippen LogP contribution in [0.25, 0.3) is 0 Å². The first kappa shape index (κ1) is 7.86. The van der Waals surface area contributed by atoms with Crippen molar-refractivity contribution in [1.29, 1.82) is 0 Å². The van der Waals surface area contributed by atoms with Gasteiger partial charge < -0.3 is 15.0 Å². The number of hydrogen-bond acceptors (Lipinski definition) is 2. The molecule has 2 unspecified atom stereocenters. The fourth-order valence-corrected chi connectivity index (χ4v) is 2.00. The number of fused-ring (bicyclic) bond motifs is 1. The van der Waals surface area contributed by atoms with Crippen molar-refractivity contribution in [2.45, 2.75) is 25.0 Å². The molecule has 0 aliphatic carbocycles. The fraction of sp³-hybridized carbons (Fsp3) is 0.875. The second-order valence-electron chi connectivity index (χ2n) is 3.42. The van der Waals surface area contributed by atoms with Gasteiger partial charge in [0, 0.05) is 20.2 Å². The monoisotopic (exact) mass is 170 g/mol. The Labute approximate surface area is 71.9 Å². The van der Waals surface area contributed by atoms with E-state index in [9.17, 15) is 4.79 Å². The van der Waals surface area contributed by atoms with Crippen LogP contribution < -0.4 is 5.32 Å². The first-order chi connectivity index (χ1) is 5.81. The van der Waals surface area contributed by atoms with E-state index in [1.807, 2.05) is 4.90 Å². The summed E-state index contributed by atoms with van der Waals surface area (Å²) in [6.45, 7) is 1.63. The maximum atomic E-state index is 11.2. The summed E-state index contributed by atoms with van der Waals surface area (Å²) in [7, 11) is 1.74. The Balaban J connectivity index is 1.99. The lowest BCUT2D eigenvalue weighted by Gasteiger charge is -2.32. The third-order valence-electron chi connectivity index (χ3n) is 2.75. The molecule has 1 N–H and O–H groups in total. The van der Waals surface area contributed by atoms with Gasteiger partial charge in [0.15, 0.2) is 0 Å². The fourth-order valence-electron chi connectivity index (χ4n) is 2.00. The van der Waals surface area contributed by atoms with Crippen molar-refractivity contribution in [1.82, 2.24) is 10.2 Å². The molecule has 2 fully saturated rings. The number of urea groups is 1. The van der Waals surface area contributed by atoms with E-state index in [0.717, 1.165) is 25.9 Å². The Kier molecular flexibility index (Phi) is 1.92. The van der Waals surface area contributed by atoms with Crippen molar-refractivity contribution in [2.24, 2.45) is 0 Å². The van der Waals surface area contributed by atoms with Crippen molar-refractivity contribution in [3.8, 4) is 0 Å². The molecule has 2 saturated heterocycles. The third kappa shape index (κ3) is 1.16. The molecule has 0 spiro atoms. The minimum absolute atomic E-state index is 0.0922. The lowest BCUT2D eigenvalue weighted by atomic mass is 10.0. The van der Waals surface area contributed by atoms with Crippen LogP contribution in [-0.4, -0.2) is 43.3 Å². The number of piperidine rings is 1. The number of amides is 2. The van der Waals surface area contributed by atoms with E-state index >= 15 is 0 Å². The zero-order chi connectivity index (χ0) is 8.55. The standard InChI is InChI=1S/C8H14N2O2/c1-12-7-2-3-10-6(4-7)5-9-8(10)11/h6-7H,2-5H2,1H3,(H,9,11). The summed E-state index contributed by atoms with van der Waals surface area (Å²) in [5.41, 5.74) is 0. The molecule has 0 radical (unpaired) electrons. The summed E-state index contributed by atoms with van der Waals surface area (Å²) in [5.74, 6) is 0. The van der Waals surface area contributed by atoms with Crippen LogP contribution in [0, 0.1) is 0 Å². The predicted octanol–water partition coefficient (Wildman–Crippen LogP) is 0.189. The van der Waals surface area contributed by atoms with Crippen LogP contribution in [-0.2, 0) is 4.74 Å². The summed E-state index contributed by atoms with van der Waals surface area (Å²) in [6, 6.07) is 0.464. The van der Waals surface area contributed by atoms with Crippen LogP contribution >= 0.6 is 0 Å². The smallest absolute Gasteiger partial charge is 0.317 e. The Bertz CT molecular complexity index is 195. The number of nitrogens with zero attached hydrogens (tertiary/aromatic N) is 1. The van der Waals surface area contributed by atoms with Gasteiger partial charge >= 0.3 is 6.03 Å². The largest absolute Gasteiger partial charge is 0.381 e. The number of rotatable bonds is 1. The molecule has 2 rings (SSSR count). The predicted molar refractivity (Wildman–Crippen MR) is 43.9 cm³/mol. The highest BCUT2D eigenvalue weighted by atomic mass is 16.5. The molecule has 68 valence electrons. The number of carbonyl (C=O) groups is 1. The Hall–Kier alpha value is -0.770. The molecule has 2 amide bonds. The Morgan fingerprint density at radius 2 is 2.50 bits per heavy atom. The molecule has 4 nitrogen and oxygen atoms in total. The number of methoxy groups -OCH3 is 1. The van der Waals surface area contributed by atoms with E-state index in [1.165, 1.54) is 0 Å². The van der Waals surface area contributed by atoms with E-state index < -0.39 is 0 Å². The summed E-state index contributed by atoms with van der Waals surface area (Å²) >= 11 is 0. The van der Waals surface area contributed by atoms with Crippen molar-refractivity contribution < 1.29 is 9.53 Å². The molecule has 0 aromatic heterocycles. The minimum Gasteiger partial charge on any atom is -0.381 e. The van der Waals surface area contributed by atoms with Gasteiger partial charge in [0.25, 0.3) is 0 Å². The molecule has 12 heavy (non-hydrogen) atoms. The first-order valence-corrected chi connectivity index (χ1v) is 4.38. The van der Waals surface area contributed by atoms with Crippen LogP contribution in [0.4, 0.5) is 4.79 Å². The van der Waals surface area contributed by atoms with E-state index in [0.29, 0.717) is 12.1 Å². The number of hydrogen-bond donors (Lipinski definition) is 1. The highest BCUT2D eigenvalue weighted by Gasteiger charge is 2.36. The molecule has 0 bridgehead atoms. The van der Waals surface area contributed by atoms with Gasteiger partial charge in [0.1, 0.15) is 0 Å². The van der Waals surface area contributed by atoms with Crippen LogP contribution in [0.2, 0.25) is 0 Å². The molecule has 0 aromatic rings. The molecule has 2 aliphatic heterocycles. The van der Waals surface area contributed by atoms with Crippen LogP contribution in [0.15, 0.2) is 0 Å². The maximum absolute atomic E-state index is 11.2. The Morgan fingerprint density at radius 1 is 1.67 bits per heavy atom. The molecule has 0 saturated carbocycles. The van der Waals surface area contributed by atoms with Gasteiger partial charge in [-0.1, -0.05) is 0 Å². The lowest BCUT2D eigenvalue weighted by molar-refractivity contribution is 0.0365. The summed E-state index contributed by atoms with van der Waals surface area (Å²) in [5, 5.41) is 2.84. The second-order valence-corrected chi connectivity index (χ2v) is 3.42. The quantitative estimate of drug-likeness (QED) is 0.610. The van der Waals surface area contributed by atoms with Gasteiger partial charge in [-0.15, -0.1) is 0 Å². The Morgan fingerprint density at radius 3 is 3.25 bits per heavy atom. The van der Waals surface area contributed by atoms with Crippen LogP contribution in [0.3, 0.4) is 0 Å². The van der Waals surface area contributed by atoms with Crippen molar-refractivity contribution >= 4 is 6.03 Å². The summed E-state index contributed by atoms with van der Waals surface area (Å²) < 4.78 is 5.27. The zero-order valence-corrected chi connectivity index (χ0v) is 7.25. The average molecular weight is 170 g/mol. The summed E-state index contributed by atoms with van der Waals surface area (Å²) in [4.78, 5) is 13.1. The SMILES string of the molecule is COC1CCN2C(=O)NCC2C1. The molecular formula is C8H14N2O2. The van der Waals surface area contributed by atoms with Crippen molar-refractivity contribution in [3.05, 3.63) is 0 Å². The van der Waals surface area contributed by atoms with E-state index in [2.05, 4.69) is 5.32 Å². The van der Waals surface area contributed by atoms with E-state index in [1.54, 1.807) is 7.11 Å². The van der Waals surface area contributed by atoms with Gasteiger partial charge in [-0.2, -0.15) is 0 Å². The highest BCUT2D eigenvalue weighted by molar-refractivity contribution is 5.77. The molecule has 2 aliphatic rings. The van der Waals surface area contributed by atoms with Gasteiger partial charge in [-0.25, -0.2) is 4.79 Å². The van der Waals surface area contributed by atoms with Crippen molar-refractivity contribution in [3.63, 3.8) is 0 Å². The maximum Gasteiger partial charge on any atom is 0.317 e. The molecule has 2 heterocycles. The zero-order valence-electron chi connectivity index (χ0n) is 7.25. The molecule has 0 aromatic carbocycles. The lowest BCUT2D eigenvalue weighted by Crippen LogP contribution is -2.43. The van der Waals surface area contributed by atoms with Gasteiger partial charge in [-0.3, -0.25) is 0 Å². The van der Waals surface area contributed by atoms with Crippen molar-refractivity contribution in [2.75, 3.05) is 20.2 Å². The highest BCUT2D eigenvalue weighted by Crippen LogP contribution is 2.22. The first-order valence-electron chi connectivity index (χ1n) is 4.38. The van der Waals surface area contributed by atoms with Crippen LogP contribution in [0.1, 0.15) is 12.8 Å². The van der Waals surface area contributed by atoms with Gasteiger partial charge in [0.2, 0.25) is 0 Å². The normalized spacial score (nSPS) is 34.8. The van der Waals surface area contributed by atoms with Gasteiger partial charge in [-0.05, 0) is 12.8 Å². The second kappa shape index (κ2) is 2.94. The third-order valence-corrected chi connectivity index (χ3v) is 2.75. The number of ether oxygens (including phenoxy) is 1. The number of nitrogens with one attached hydrogen (secondary N) is 1. The van der Waals surface area contributed by atoms with E-state index in [4.69, 9.17) is 4.74 Å². The molecular weight excluding hydrogens is 156 g/mol. The average Bonchev–Trinajstić information content (AvgIpc) is 2.47. The van der Waals surface area contributed by atoms with Crippen LogP contribution in [0.5, 0.6) is 0 Å². The summed E-state index contributed by atoms with van der Waals surface area (Å²) in [6.07, 6.45) is 2.30. The van der Waals surface area contributed by atoms with Gasteiger partial charge in [0.05, 0.1) is 12.1 Å². The number of carbonyl (C=O) groups excluding carboxylic acids is 1.